The summed E-state index contributed by atoms with van der Waals surface area (Å²) >= 11 is 0. The lowest BCUT2D eigenvalue weighted by Crippen LogP contribution is -2.32. The molecule has 1 N–H and O–H groups in total. The van der Waals surface area contributed by atoms with E-state index in [9.17, 15) is 4.79 Å². The molecule has 0 spiro atoms. The fraction of sp³-hybridized carbons (Fsp3) is 0.217. The van der Waals surface area contributed by atoms with Gasteiger partial charge in [0.15, 0.2) is 18.1 Å². The van der Waals surface area contributed by atoms with Gasteiger partial charge in [0.1, 0.15) is 23.9 Å². The highest BCUT2D eigenvalue weighted by Crippen LogP contribution is 2.23. The summed E-state index contributed by atoms with van der Waals surface area (Å²) in [4.78, 5) is 12.0. The van der Waals surface area contributed by atoms with Crippen LogP contribution >= 0.6 is 0 Å². The average Bonchev–Trinajstić information content (AvgIpc) is 3.29. The van der Waals surface area contributed by atoms with Gasteiger partial charge in [-0.15, -0.1) is 15.3 Å². The Kier molecular flexibility index (Phi) is 6.84. The van der Waals surface area contributed by atoms with Crippen molar-refractivity contribution in [3.63, 3.8) is 0 Å². The van der Waals surface area contributed by atoms with E-state index < -0.39 is 0 Å². The van der Waals surface area contributed by atoms with E-state index in [4.69, 9.17) is 18.9 Å². The molecule has 0 saturated heterocycles. The largest absolute Gasteiger partial charge is 0.497 e. The van der Waals surface area contributed by atoms with E-state index >= 15 is 0 Å². The number of ether oxygens (including phenoxy) is 4. The normalized spacial score (nSPS) is 10.6. The molecule has 0 bridgehead atoms. The van der Waals surface area contributed by atoms with Gasteiger partial charge in [-0.3, -0.25) is 4.79 Å². The molecule has 0 aliphatic heterocycles. The van der Waals surface area contributed by atoms with Crippen molar-refractivity contribution in [3.05, 3.63) is 60.7 Å². The molecule has 10 nitrogen and oxygen atoms in total. The van der Waals surface area contributed by atoms with Crippen molar-refractivity contribution >= 4 is 11.6 Å². The minimum atomic E-state index is -0.253. The smallest absolute Gasteiger partial charge is 0.258 e. The molecule has 2 heterocycles. The zero-order valence-electron chi connectivity index (χ0n) is 18.2. The van der Waals surface area contributed by atoms with Crippen LogP contribution in [0.5, 0.6) is 23.1 Å². The second kappa shape index (κ2) is 10.3. The van der Waals surface area contributed by atoms with Crippen LogP contribution in [0.1, 0.15) is 0 Å². The van der Waals surface area contributed by atoms with Gasteiger partial charge in [-0.05, 0) is 42.5 Å². The van der Waals surface area contributed by atoms with Crippen molar-refractivity contribution in [2.24, 2.45) is 0 Å². The fourth-order valence-corrected chi connectivity index (χ4v) is 3.01. The van der Waals surface area contributed by atoms with Crippen LogP contribution in [0.15, 0.2) is 60.7 Å². The molecular weight excluding hydrogens is 426 g/mol. The van der Waals surface area contributed by atoms with Gasteiger partial charge in [0.25, 0.3) is 5.91 Å². The lowest BCUT2D eigenvalue weighted by atomic mass is 10.2. The standard InChI is InChI=1S/C23H23N5O5/c1-30-17-6-8-18(9-7-17)33-15-21(29)24-12-13-32-22-11-10-20-25-26-23(28(20)27-22)16-4-3-5-19(14-16)31-2/h3-11,14H,12-13,15H2,1-2H3,(H,24,29). The van der Waals surface area contributed by atoms with Crippen LogP contribution in [-0.2, 0) is 4.79 Å². The first kappa shape index (κ1) is 21.9. The number of rotatable bonds is 10. The van der Waals surface area contributed by atoms with Crippen molar-refractivity contribution in [1.82, 2.24) is 25.1 Å². The van der Waals surface area contributed by atoms with Crippen molar-refractivity contribution < 1.29 is 23.7 Å². The summed E-state index contributed by atoms with van der Waals surface area (Å²) in [5, 5.41) is 15.6. The molecule has 0 atom stereocenters. The first-order chi connectivity index (χ1) is 16.2. The molecule has 33 heavy (non-hydrogen) atoms. The monoisotopic (exact) mass is 449 g/mol. The minimum absolute atomic E-state index is 0.0961. The van der Waals surface area contributed by atoms with Gasteiger partial charge in [0, 0.05) is 11.6 Å². The molecule has 0 unspecified atom stereocenters. The molecule has 4 aromatic rings. The van der Waals surface area contributed by atoms with Crippen LogP contribution in [0.3, 0.4) is 0 Å². The maximum atomic E-state index is 12.0. The van der Waals surface area contributed by atoms with Crippen LogP contribution in [0, 0.1) is 0 Å². The number of methoxy groups -OCH3 is 2. The average molecular weight is 449 g/mol. The molecule has 0 aliphatic carbocycles. The zero-order chi connectivity index (χ0) is 23.0. The number of benzene rings is 2. The first-order valence-electron chi connectivity index (χ1n) is 10.2. The molecule has 0 radical (unpaired) electrons. The summed E-state index contributed by atoms with van der Waals surface area (Å²) < 4.78 is 23.1. The Morgan fingerprint density at radius 3 is 2.48 bits per heavy atom. The second-order valence-electron chi connectivity index (χ2n) is 6.86. The second-order valence-corrected chi connectivity index (χ2v) is 6.86. The third-order valence-electron chi connectivity index (χ3n) is 4.67. The van der Waals surface area contributed by atoms with Crippen molar-refractivity contribution in [2.45, 2.75) is 0 Å². The molecule has 4 rings (SSSR count). The number of nitrogens with zero attached hydrogens (tertiary/aromatic N) is 4. The Morgan fingerprint density at radius 2 is 1.70 bits per heavy atom. The highest BCUT2D eigenvalue weighted by molar-refractivity contribution is 5.77. The third kappa shape index (κ3) is 5.48. The van der Waals surface area contributed by atoms with Crippen molar-refractivity contribution in [2.75, 3.05) is 34.0 Å². The van der Waals surface area contributed by atoms with Crippen LogP contribution in [0.2, 0.25) is 0 Å². The number of hydrogen-bond donors (Lipinski definition) is 1. The van der Waals surface area contributed by atoms with Crippen molar-refractivity contribution in [3.8, 4) is 34.5 Å². The van der Waals surface area contributed by atoms with Gasteiger partial charge in [-0.2, -0.15) is 4.52 Å². The van der Waals surface area contributed by atoms with Crippen LogP contribution in [-0.4, -0.2) is 59.7 Å². The lowest BCUT2D eigenvalue weighted by molar-refractivity contribution is -0.123. The van der Waals surface area contributed by atoms with Gasteiger partial charge in [0.05, 0.1) is 20.8 Å². The van der Waals surface area contributed by atoms with Gasteiger partial charge in [-0.25, -0.2) is 0 Å². The summed E-state index contributed by atoms with van der Waals surface area (Å²) in [6, 6.07) is 18.0. The quantitative estimate of drug-likeness (QED) is 0.368. The lowest BCUT2D eigenvalue weighted by Gasteiger charge is -2.09. The summed E-state index contributed by atoms with van der Waals surface area (Å²) in [5.74, 6) is 2.71. The fourth-order valence-electron chi connectivity index (χ4n) is 3.01. The third-order valence-corrected chi connectivity index (χ3v) is 4.67. The Morgan fingerprint density at radius 1 is 0.909 bits per heavy atom. The molecule has 170 valence electrons. The predicted molar refractivity (Wildman–Crippen MR) is 120 cm³/mol. The number of fused-ring (bicyclic) bond motifs is 1. The SMILES string of the molecule is COc1ccc(OCC(=O)NCCOc2ccc3nnc(-c4cccc(OC)c4)n3n2)cc1. The topological polar surface area (TPSA) is 109 Å². The van der Waals surface area contributed by atoms with E-state index in [1.54, 1.807) is 55.1 Å². The highest BCUT2D eigenvalue weighted by atomic mass is 16.5. The number of carbonyl (C=O) groups excluding carboxylic acids is 1. The molecular formula is C23H23N5O5. The maximum absolute atomic E-state index is 12.0. The van der Waals surface area contributed by atoms with Gasteiger partial charge in [-0.1, -0.05) is 12.1 Å². The summed E-state index contributed by atoms with van der Waals surface area (Å²) in [5.41, 5.74) is 1.40. The predicted octanol–water partition coefficient (Wildman–Crippen LogP) is 2.38. The van der Waals surface area contributed by atoms with Crippen molar-refractivity contribution in [1.29, 1.82) is 0 Å². The van der Waals surface area contributed by atoms with Crippen LogP contribution in [0.25, 0.3) is 17.0 Å². The van der Waals surface area contributed by atoms with Gasteiger partial charge >= 0.3 is 0 Å². The number of amides is 1. The minimum Gasteiger partial charge on any atom is -0.497 e. The van der Waals surface area contributed by atoms with Gasteiger partial charge in [0.2, 0.25) is 5.88 Å². The number of nitrogens with one attached hydrogen (secondary N) is 1. The van der Waals surface area contributed by atoms with E-state index in [-0.39, 0.29) is 19.1 Å². The molecule has 10 heteroatoms. The number of aromatic nitrogens is 4. The molecule has 2 aromatic heterocycles. The number of hydrogen-bond acceptors (Lipinski definition) is 8. The van der Waals surface area contributed by atoms with E-state index in [0.717, 1.165) is 11.3 Å². The Bertz CT molecular complexity index is 1230. The Balaban J connectivity index is 1.29. The first-order valence-corrected chi connectivity index (χ1v) is 10.2. The summed E-state index contributed by atoms with van der Waals surface area (Å²) in [7, 11) is 3.19. The molecule has 2 aromatic carbocycles. The van der Waals surface area contributed by atoms with E-state index in [1.165, 1.54) is 0 Å². The summed E-state index contributed by atoms with van der Waals surface area (Å²) in [6.45, 7) is 0.444. The van der Waals surface area contributed by atoms with E-state index in [2.05, 4.69) is 20.6 Å². The number of carbonyl (C=O) groups is 1. The summed E-state index contributed by atoms with van der Waals surface area (Å²) in [6.07, 6.45) is 0. The molecule has 0 aliphatic rings. The molecule has 0 saturated carbocycles. The highest BCUT2D eigenvalue weighted by Gasteiger charge is 2.11. The molecule has 0 fully saturated rings. The Hall–Kier alpha value is -4.34. The van der Waals surface area contributed by atoms with Crippen LogP contribution in [0.4, 0.5) is 0 Å². The Labute approximate surface area is 190 Å². The zero-order valence-corrected chi connectivity index (χ0v) is 18.2. The van der Waals surface area contributed by atoms with E-state index in [1.807, 2.05) is 24.3 Å². The van der Waals surface area contributed by atoms with Crippen LogP contribution < -0.4 is 24.3 Å². The maximum Gasteiger partial charge on any atom is 0.258 e. The van der Waals surface area contributed by atoms with Gasteiger partial charge < -0.3 is 24.3 Å². The van der Waals surface area contributed by atoms with E-state index in [0.29, 0.717) is 35.4 Å². The molecule has 1 amide bonds.